The Balaban J connectivity index is 1.55. The van der Waals surface area contributed by atoms with E-state index in [-0.39, 0.29) is 37.3 Å². The van der Waals surface area contributed by atoms with Crippen molar-refractivity contribution < 1.29 is 32.3 Å². The molecule has 3 aromatic rings. The first-order valence-corrected chi connectivity index (χ1v) is 13.9. The molecule has 1 saturated heterocycles. The summed E-state index contributed by atoms with van der Waals surface area (Å²) in [6.45, 7) is 0.538. The van der Waals surface area contributed by atoms with Crippen molar-refractivity contribution in [3.05, 3.63) is 95.3 Å². The number of carbonyl (C=O) groups is 3. The van der Waals surface area contributed by atoms with Crippen LogP contribution in [0.5, 0.6) is 0 Å². The van der Waals surface area contributed by atoms with Crippen LogP contribution in [0.3, 0.4) is 0 Å². The smallest absolute Gasteiger partial charge is 0.422 e. The number of carbonyl (C=O) groups excluding carboxylic acids is 3. The van der Waals surface area contributed by atoms with E-state index < -0.39 is 22.3 Å². The quantitative estimate of drug-likeness (QED) is 0.383. The summed E-state index contributed by atoms with van der Waals surface area (Å²) >= 11 is 0. The van der Waals surface area contributed by atoms with Gasteiger partial charge in [0.15, 0.2) is 0 Å². The molecule has 3 N–H and O–H groups in total. The first-order chi connectivity index (χ1) is 18.8. The Labute approximate surface area is 226 Å². The van der Waals surface area contributed by atoms with Crippen LogP contribution >= 0.6 is 0 Å². The molecule has 12 heteroatoms. The van der Waals surface area contributed by atoms with Gasteiger partial charge in [-0.15, -0.1) is 0 Å². The Morgan fingerprint density at radius 1 is 0.872 bits per heavy atom. The van der Waals surface area contributed by atoms with Gasteiger partial charge in [0.1, 0.15) is 18.9 Å². The molecule has 2 heterocycles. The number of esters is 1. The lowest BCUT2D eigenvalue weighted by Crippen LogP contribution is -2.41. The summed E-state index contributed by atoms with van der Waals surface area (Å²) in [6.07, 6.45) is 1.02. The second kappa shape index (κ2) is 12.6. The second-order valence-corrected chi connectivity index (χ2v) is 10.6. The number of piperidine rings is 1. The lowest BCUT2D eigenvalue weighted by atomic mass is 9.89. The number of nitrogens with one attached hydrogen (secondary N) is 1. The van der Waals surface area contributed by atoms with Gasteiger partial charge in [0, 0.05) is 19.3 Å². The van der Waals surface area contributed by atoms with Gasteiger partial charge in [0.2, 0.25) is 5.91 Å². The molecule has 1 fully saturated rings. The molecular formula is C27H30N4O7S. The predicted octanol–water partition coefficient (Wildman–Crippen LogP) is 2.53. The zero-order valence-corrected chi connectivity index (χ0v) is 22.0. The average Bonchev–Trinajstić information content (AvgIpc) is 3.42. The summed E-state index contributed by atoms with van der Waals surface area (Å²) in [6, 6.07) is 19.3. The molecule has 0 radical (unpaired) electrons. The second-order valence-electron chi connectivity index (χ2n) is 9.01. The number of likely N-dealkylation sites (tertiary alicyclic amines) is 1. The van der Waals surface area contributed by atoms with Crippen molar-refractivity contribution in [2.75, 3.05) is 19.6 Å². The van der Waals surface area contributed by atoms with Gasteiger partial charge in [-0.25, -0.2) is 18.3 Å². The number of hydrogen-bond donors (Lipinski definition) is 2. The topological polar surface area (TPSA) is 150 Å². The Morgan fingerprint density at radius 2 is 1.44 bits per heavy atom. The lowest BCUT2D eigenvalue weighted by Gasteiger charge is -2.32. The molecule has 0 spiro atoms. The highest BCUT2D eigenvalue weighted by molar-refractivity contribution is 7.88. The van der Waals surface area contributed by atoms with E-state index in [0.29, 0.717) is 41.0 Å². The molecular weight excluding hydrogens is 524 g/mol. The third kappa shape index (κ3) is 7.03. The molecule has 0 aliphatic carbocycles. The van der Waals surface area contributed by atoms with E-state index in [9.17, 15) is 22.8 Å². The van der Waals surface area contributed by atoms with Crippen LogP contribution in [0.1, 0.15) is 45.9 Å². The van der Waals surface area contributed by atoms with Crippen LogP contribution in [0, 0.1) is 0 Å². The number of benzene rings is 2. The van der Waals surface area contributed by atoms with Crippen molar-refractivity contribution in [3.8, 4) is 0 Å². The third-order valence-electron chi connectivity index (χ3n) is 6.44. The lowest BCUT2D eigenvalue weighted by molar-refractivity contribution is -0.130. The SMILES string of the molecule is NCC(=O)N1CCC(c2ccn(S(=O)(=O)NC(=O)OCc3ccccc3)c2C(=O)OCc2ccccc2)CC1. The molecule has 0 bridgehead atoms. The van der Waals surface area contributed by atoms with Gasteiger partial charge in [-0.1, -0.05) is 60.7 Å². The number of nitrogens with zero attached hydrogens (tertiary/aromatic N) is 2. The van der Waals surface area contributed by atoms with E-state index in [1.807, 2.05) is 10.8 Å². The molecule has 1 aliphatic rings. The van der Waals surface area contributed by atoms with Crippen molar-refractivity contribution in [1.82, 2.24) is 13.6 Å². The van der Waals surface area contributed by atoms with Crippen LogP contribution < -0.4 is 10.5 Å². The van der Waals surface area contributed by atoms with Gasteiger partial charge < -0.3 is 20.1 Å². The minimum atomic E-state index is -4.56. The highest BCUT2D eigenvalue weighted by Crippen LogP contribution is 2.32. The Kier molecular flexibility index (Phi) is 8.99. The van der Waals surface area contributed by atoms with Crippen LogP contribution in [0.2, 0.25) is 0 Å². The summed E-state index contributed by atoms with van der Waals surface area (Å²) in [7, 11) is -4.56. The van der Waals surface area contributed by atoms with Gasteiger partial charge in [-0.2, -0.15) is 8.42 Å². The van der Waals surface area contributed by atoms with E-state index >= 15 is 0 Å². The van der Waals surface area contributed by atoms with Crippen LogP contribution in [0.15, 0.2) is 72.9 Å². The fourth-order valence-electron chi connectivity index (χ4n) is 4.43. The number of ether oxygens (including phenoxy) is 2. The van der Waals surface area contributed by atoms with E-state index in [1.54, 1.807) is 59.5 Å². The maximum absolute atomic E-state index is 13.3. The van der Waals surface area contributed by atoms with Gasteiger partial charge in [0.25, 0.3) is 0 Å². The largest absolute Gasteiger partial charge is 0.456 e. The molecule has 11 nitrogen and oxygen atoms in total. The van der Waals surface area contributed by atoms with E-state index in [2.05, 4.69) is 0 Å². The monoisotopic (exact) mass is 554 g/mol. The maximum Gasteiger partial charge on any atom is 0.422 e. The molecule has 0 saturated carbocycles. The fourth-order valence-corrected chi connectivity index (χ4v) is 5.44. The van der Waals surface area contributed by atoms with Crippen LogP contribution in [-0.4, -0.2) is 54.9 Å². The van der Waals surface area contributed by atoms with Crippen molar-refractivity contribution in [1.29, 1.82) is 0 Å². The minimum absolute atomic E-state index is 0.0691. The zero-order valence-electron chi connectivity index (χ0n) is 21.2. The highest BCUT2D eigenvalue weighted by atomic mass is 32.2. The first kappa shape index (κ1) is 27.9. The Bertz CT molecular complexity index is 1400. The number of rotatable bonds is 9. The molecule has 0 unspecified atom stereocenters. The molecule has 0 atom stereocenters. The number of nitrogens with two attached hydrogens (primary N) is 1. The van der Waals surface area contributed by atoms with Gasteiger partial charge in [-0.3, -0.25) is 4.79 Å². The standard InChI is InChI=1S/C27H30N4O7S/c28-17-24(32)30-14-11-22(12-15-30)23-13-16-31(25(23)26(33)37-18-20-7-3-1-4-8-20)39(35,36)29-27(34)38-19-21-9-5-2-6-10-21/h1-10,13,16,22H,11-12,14-15,17-19,28H2,(H,29,34). The number of amides is 2. The molecule has 1 aliphatic heterocycles. The first-order valence-electron chi connectivity index (χ1n) is 12.4. The molecule has 39 heavy (non-hydrogen) atoms. The van der Waals surface area contributed by atoms with E-state index in [4.69, 9.17) is 15.2 Å². The zero-order chi connectivity index (χ0) is 27.8. The van der Waals surface area contributed by atoms with Crippen LogP contribution in [0.4, 0.5) is 4.79 Å². The van der Waals surface area contributed by atoms with E-state index in [1.165, 1.54) is 12.3 Å². The van der Waals surface area contributed by atoms with Gasteiger partial charge in [-0.05, 0) is 41.5 Å². The Hall–Kier alpha value is -4.16. The maximum atomic E-state index is 13.3. The van der Waals surface area contributed by atoms with Crippen molar-refractivity contribution >= 4 is 28.2 Å². The molecule has 1 aromatic heterocycles. The summed E-state index contributed by atoms with van der Waals surface area (Å²) < 4.78 is 39.5. The summed E-state index contributed by atoms with van der Waals surface area (Å²) in [5.74, 6) is -1.25. The molecule has 206 valence electrons. The predicted molar refractivity (Wildman–Crippen MR) is 142 cm³/mol. The van der Waals surface area contributed by atoms with Crippen LogP contribution in [0.25, 0.3) is 0 Å². The minimum Gasteiger partial charge on any atom is -0.456 e. The average molecular weight is 555 g/mol. The van der Waals surface area contributed by atoms with Gasteiger partial charge in [0.05, 0.1) is 6.54 Å². The van der Waals surface area contributed by atoms with Gasteiger partial charge >= 0.3 is 22.3 Å². The molecule has 2 amide bonds. The van der Waals surface area contributed by atoms with Crippen molar-refractivity contribution in [3.63, 3.8) is 0 Å². The third-order valence-corrected chi connectivity index (χ3v) is 7.68. The number of aromatic nitrogens is 1. The van der Waals surface area contributed by atoms with Crippen molar-refractivity contribution in [2.24, 2.45) is 5.73 Å². The Morgan fingerprint density at radius 3 is 2.00 bits per heavy atom. The fraction of sp³-hybridized carbons (Fsp3) is 0.296. The molecule has 2 aromatic carbocycles. The summed E-state index contributed by atoms with van der Waals surface area (Å²) in [4.78, 5) is 39.3. The van der Waals surface area contributed by atoms with Crippen LogP contribution in [-0.2, 0) is 37.7 Å². The molecule has 4 rings (SSSR count). The van der Waals surface area contributed by atoms with E-state index in [0.717, 1.165) is 5.56 Å². The highest BCUT2D eigenvalue weighted by Gasteiger charge is 2.33. The van der Waals surface area contributed by atoms with Crippen molar-refractivity contribution in [2.45, 2.75) is 32.0 Å². The number of hydrogen-bond acceptors (Lipinski definition) is 8. The normalized spacial score (nSPS) is 14.0. The summed E-state index contributed by atoms with van der Waals surface area (Å²) in [5, 5.41) is 0. The summed E-state index contributed by atoms with van der Waals surface area (Å²) in [5.41, 5.74) is 7.12.